The number of hydrogen-bond donors (Lipinski definition) is 1. The van der Waals surface area contributed by atoms with E-state index in [4.69, 9.17) is 10.00 Å². The number of ether oxygens (including phenoxy) is 1. The third kappa shape index (κ3) is 2.83. The first-order valence-electron chi connectivity index (χ1n) is 6.00. The van der Waals surface area contributed by atoms with Crippen LogP contribution in [0.15, 0.2) is 41.3 Å². The number of rotatable bonds is 3. The second-order valence-corrected chi connectivity index (χ2v) is 4.40. The lowest BCUT2D eigenvalue weighted by atomic mass is 10.0. The number of nitriles is 1. The summed E-state index contributed by atoms with van der Waals surface area (Å²) in [6.45, 7) is 3.91. The molecule has 0 aliphatic carbocycles. The minimum absolute atomic E-state index is 0.111. The average molecular weight is 254 g/mol. The first-order chi connectivity index (χ1) is 9.11. The lowest BCUT2D eigenvalue weighted by Crippen LogP contribution is -2.10. The summed E-state index contributed by atoms with van der Waals surface area (Å²) in [6.07, 6.45) is 1.65. The molecular formula is C15H14N2O2. The van der Waals surface area contributed by atoms with Crippen LogP contribution in [0.25, 0.3) is 11.1 Å². The minimum Gasteiger partial charge on any atom is -0.491 e. The Hall–Kier alpha value is -2.54. The molecule has 0 saturated carbocycles. The molecule has 0 fully saturated rings. The molecule has 4 heteroatoms. The van der Waals surface area contributed by atoms with Gasteiger partial charge in [0, 0.05) is 11.8 Å². The molecule has 0 atom stereocenters. The van der Waals surface area contributed by atoms with Crippen molar-refractivity contribution in [1.29, 1.82) is 5.26 Å². The van der Waals surface area contributed by atoms with Crippen molar-refractivity contribution in [3.8, 4) is 22.9 Å². The van der Waals surface area contributed by atoms with Crippen LogP contribution >= 0.6 is 0 Å². The number of H-pyrrole nitrogens is 1. The Kier molecular flexibility index (Phi) is 3.67. The molecule has 1 heterocycles. The molecule has 2 aromatic rings. The Balaban J connectivity index is 2.41. The van der Waals surface area contributed by atoms with Gasteiger partial charge in [-0.15, -0.1) is 0 Å². The zero-order valence-electron chi connectivity index (χ0n) is 10.8. The molecule has 19 heavy (non-hydrogen) atoms. The van der Waals surface area contributed by atoms with Crippen LogP contribution in [-0.2, 0) is 0 Å². The molecule has 4 nitrogen and oxygen atoms in total. The van der Waals surface area contributed by atoms with Gasteiger partial charge in [0.15, 0.2) is 0 Å². The number of hydrogen-bond acceptors (Lipinski definition) is 3. The SMILES string of the molecule is CC(C)Oc1ccc(-c2cc[nH]c(=O)c2C#N)cc1. The van der Waals surface area contributed by atoms with Gasteiger partial charge < -0.3 is 9.72 Å². The maximum atomic E-state index is 11.6. The lowest BCUT2D eigenvalue weighted by molar-refractivity contribution is 0.242. The molecule has 0 unspecified atom stereocenters. The summed E-state index contributed by atoms with van der Waals surface area (Å²) in [5, 5.41) is 9.04. The molecule has 1 aromatic heterocycles. The summed E-state index contributed by atoms with van der Waals surface area (Å²) < 4.78 is 5.55. The number of aromatic nitrogens is 1. The second kappa shape index (κ2) is 5.40. The van der Waals surface area contributed by atoms with Gasteiger partial charge in [-0.05, 0) is 37.6 Å². The largest absolute Gasteiger partial charge is 0.491 e. The Bertz CT molecular complexity index is 664. The van der Waals surface area contributed by atoms with Crippen molar-refractivity contribution < 1.29 is 4.74 Å². The molecule has 2 rings (SSSR count). The molecule has 0 radical (unpaired) electrons. The van der Waals surface area contributed by atoms with E-state index in [0.717, 1.165) is 11.3 Å². The highest BCUT2D eigenvalue weighted by Gasteiger charge is 2.08. The van der Waals surface area contributed by atoms with Crippen LogP contribution in [-0.4, -0.2) is 11.1 Å². The van der Waals surface area contributed by atoms with Gasteiger partial charge in [0.2, 0.25) is 0 Å². The molecule has 0 bridgehead atoms. The van der Waals surface area contributed by atoms with E-state index >= 15 is 0 Å². The first kappa shape index (κ1) is 12.9. The van der Waals surface area contributed by atoms with Crippen molar-refractivity contribution in [2.24, 2.45) is 0 Å². The number of pyridine rings is 1. The van der Waals surface area contributed by atoms with Crippen LogP contribution in [0.2, 0.25) is 0 Å². The van der Waals surface area contributed by atoms with Gasteiger partial charge in [0.25, 0.3) is 5.56 Å². The van der Waals surface area contributed by atoms with Crippen LogP contribution in [0.1, 0.15) is 19.4 Å². The molecule has 0 aliphatic heterocycles. The van der Waals surface area contributed by atoms with Gasteiger partial charge in [-0.25, -0.2) is 0 Å². The van der Waals surface area contributed by atoms with Gasteiger partial charge >= 0.3 is 0 Å². The maximum Gasteiger partial charge on any atom is 0.266 e. The molecule has 0 saturated heterocycles. The fourth-order valence-corrected chi connectivity index (χ4v) is 1.82. The molecule has 96 valence electrons. The van der Waals surface area contributed by atoms with Gasteiger partial charge in [-0.3, -0.25) is 4.79 Å². The van der Waals surface area contributed by atoms with Crippen molar-refractivity contribution in [1.82, 2.24) is 4.98 Å². The zero-order chi connectivity index (χ0) is 13.8. The molecule has 0 spiro atoms. The maximum absolute atomic E-state index is 11.6. The fourth-order valence-electron chi connectivity index (χ4n) is 1.82. The van der Waals surface area contributed by atoms with Crippen LogP contribution in [0.5, 0.6) is 5.75 Å². The van der Waals surface area contributed by atoms with E-state index in [0.29, 0.717) is 5.56 Å². The van der Waals surface area contributed by atoms with Crippen molar-refractivity contribution >= 4 is 0 Å². The Labute approximate surface area is 111 Å². The van der Waals surface area contributed by atoms with E-state index in [1.54, 1.807) is 6.07 Å². The normalized spacial score (nSPS) is 10.2. The predicted octanol–water partition coefficient (Wildman–Crippen LogP) is 2.70. The standard InChI is InChI=1S/C15H14N2O2/c1-10(2)19-12-5-3-11(4-6-12)13-7-8-17-15(18)14(13)9-16/h3-8,10H,1-2H3,(H,17,18). The topological polar surface area (TPSA) is 65.9 Å². The van der Waals surface area contributed by atoms with E-state index in [1.807, 2.05) is 44.2 Å². The summed E-state index contributed by atoms with van der Waals surface area (Å²) >= 11 is 0. The van der Waals surface area contributed by atoms with Gasteiger partial charge in [-0.2, -0.15) is 5.26 Å². The summed E-state index contributed by atoms with van der Waals surface area (Å²) in [5.74, 6) is 0.766. The highest BCUT2D eigenvalue weighted by Crippen LogP contribution is 2.23. The smallest absolute Gasteiger partial charge is 0.266 e. The van der Waals surface area contributed by atoms with Crippen molar-refractivity contribution in [2.45, 2.75) is 20.0 Å². The number of nitrogens with zero attached hydrogens (tertiary/aromatic N) is 1. The summed E-state index contributed by atoms with van der Waals surface area (Å²) in [7, 11) is 0. The van der Waals surface area contributed by atoms with Crippen molar-refractivity contribution in [2.75, 3.05) is 0 Å². The van der Waals surface area contributed by atoms with Crippen LogP contribution in [0, 0.1) is 11.3 Å². The zero-order valence-corrected chi connectivity index (χ0v) is 10.8. The third-order valence-corrected chi connectivity index (χ3v) is 2.61. The third-order valence-electron chi connectivity index (χ3n) is 2.61. The number of benzene rings is 1. The summed E-state index contributed by atoms with van der Waals surface area (Å²) in [6, 6.07) is 11.0. The quantitative estimate of drug-likeness (QED) is 0.915. The van der Waals surface area contributed by atoms with E-state index < -0.39 is 0 Å². The second-order valence-electron chi connectivity index (χ2n) is 4.40. The average Bonchev–Trinajstić information content (AvgIpc) is 2.38. The Morgan fingerprint density at radius 2 is 1.89 bits per heavy atom. The Morgan fingerprint density at radius 1 is 1.21 bits per heavy atom. The van der Waals surface area contributed by atoms with Crippen LogP contribution in [0.3, 0.4) is 0 Å². The highest BCUT2D eigenvalue weighted by atomic mass is 16.5. The minimum atomic E-state index is -0.373. The first-order valence-corrected chi connectivity index (χ1v) is 6.00. The Morgan fingerprint density at radius 3 is 2.47 bits per heavy atom. The number of nitrogens with one attached hydrogen (secondary N) is 1. The molecule has 0 amide bonds. The van der Waals surface area contributed by atoms with Crippen molar-refractivity contribution in [3.63, 3.8) is 0 Å². The van der Waals surface area contributed by atoms with E-state index in [-0.39, 0.29) is 17.2 Å². The molecule has 1 aromatic carbocycles. The summed E-state index contributed by atoms with van der Waals surface area (Å²) in [4.78, 5) is 14.0. The number of aromatic amines is 1. The van der Waals surface area contributed by atoms with E-state index in [1.165, 1.54) is 6.20 Å². The molecule has 1 N–H and O–H groups in total. The van der Waals surface area contributed by atoms with Crippen molar-refractivity contribution in [3.05, 3.63) is 52.4 Å². The van der Waals surface area contributed by atoms with Gasteiger partial charge in [-0.1, -0.05) is 12.1 Å². The van der Waals surface area contributed by atoms with Crippen LogP contribution < -0.4 is 10.3 Å². The highest BCUT2D eigenvalue weighted by molar-refractivity contribution is 5.70. The van der Waals surface area contributed by atoms with Crippen LogP contribution in [0.4, 0.5) is 0 Å². The monoisotopic (exact) mass is 254 g/mol. The van der Waals surface area contributed by atoms with E-state index in [9.17, 15) is 4.79 Å². The predicted molar refractivity (Wildman–Crippen MR) is 73.0 cm³/mol. The fraction of sp³-hybridized carbons (Fsp3) is 0.200. The van der Waals surface area contributed by atoms with Gasteiger partial charge in [0.05, 0.1) is 6.10 Å². The lowest BCUT2D eigenvalue weighted by Gasteiger charge is -2.10. The van der Waals surface area contributed by atoms with E-state index in [2.05, 4.69) is 4.98 Å². The summed E-state index contributed by atoms with van der Waals surface area (Å²) in [5.41, 5.74) is 1.20. The molecular weight excluding hydrogens is 240 g/mol. The molecule has 0 aliphatic rings. The van der Waals surface area contributed by atoms with Gasteiger partial charge in [0.1, 0.15) is 17.4 Å².